The zero-order valence-corrected chi connectivity index (χ0v) is 17.0. The molecule has 0 radical (unpaired) electrons. The predicted molar refractivity (Wildman–Crippen MR) is 108 cm³/mol. The highest BCUT2D eigenvalue weighted by molar-refractivity contribution is 5.91. The van der Waals surface area contributed by atoms with E-state index in [0.29, 0.717) is 11.5 Å². The van der Waals surface area contributed by atoms with Gasteiger partial charge in [0, 0.05) is 17.2 Å². The predicted octanol–water partition coefficient (Wildman–Crippen LogP) is 4.19. The van der Waals surface area contributed by atoms with Gasteiger partial charge in [0.2, 0.25) is 12.7 Å². The number of nitrogens with one attached hydrogen (secondary N) is 1. The summed E-state index contributed by atoms with van der Waals surface area (Å²) in [6.07, 6.45) is 9.33. The first-order valence-corrected chi connectivity index (χ1v) is 11.3. The SMILES string of the molecule is O=C(NC12CC3CC(CC(C3)C1)C2)C1(c2cc(-c3ccc4c(c3)OCO4)on2)CC1. The maximum Gasteiger partial charge on any atom is 0.232 e. The molecular weight excluding hydrogens is 380 g/mol. The summed E-state index contributed by atoms with van der Waals surface area (Å²) in [5.74, 6) is 4.73. The number of fused-ring (bicyclic) bond motifs is 1. The van der Waals surface area contributed by atoms with Crippen LogP contribution in [0.5, 0.6) is 11.5 Å². The van der Waals surface area contributed by atoms with Gasteiger partial charge in [0.25, 0.3) is 0 Å². The summed E-state index contributed by atoms with van der Waals surface area (Å²) in [7, 11) is 0. The minimum atomic E-state index is -0.512. The molecule has 1 aromatic carbocycles. The first-order valence-electron chi connectivity index (χ1n) is 11.3. The lowest BCUT2D eigenvalue weighted by Gasteiger charge is -2.57. The van der Waals surface area contributed by atoms with Crippen molar-refractivity contribution >= 4 is 5.91 Å². The standard InChI is InChI=1S/C24H26N2O4/c27-22(25-23-10-14-5-15(11-23)7-16(6-14)12-23)24(3-4-24)21-9-19(30-26-21)17-1-2-18-20(8-17)29-13-28-18/h1-2,8-9,14-16H,3-7,10-13H2,(H,25,27). The highest BCUT2D eigenvalue weighted by atomic mass is 16.7. The van der Waals surface area contributed by atoms with Crippen molar-refractivity contribution in [2.45, 2.75) is 62.3 Å². The van der Waals surface area contributed by atoms with E-state index in [1.165, 1.54) is 38.5 Å². The molecule has 0 atom stereocenters. The van der Waals surface area contributed by atoms with Crippen molar-refractivity contribution in [3.8, 4) is 22.8 Å². The first kappa shape index (κ1) is 17.2. The van der Waals surface area contributed by atoms with Gasteiger partial charge in [0.05, 0.1) is 11.1 Å². The molecule has 5 fully saturated rings. The van der Waals surface area contributed by atoms with Crippen LogP contribution in [0.4, 0.5) is 0 Å². The Kier molecular flexibility index (Phi) is 3.33. The van der Waals surface area contributed by atoms with Crippen molar-refractivity contribution in [3.05, 3.63) is 30.0 Å². The number of benzene rings is 1. The molecule has 1 amide bonds. The summed E-state index contributed by atoms with van der Waals surface area (Å²) in [6.45, 7) is 0.244. The van der Waals surface area contributed by atoms with E-state index in [1.807, 2.05) is 24.3 Å². The molecular formula is C24H26N2O4. The Morgan fingerprint density at radius 2 is 1.67 bits per heavy atom. The second-order valence-electron chi connectivity index (χ2n) is 10.4. The number of carbonyl (C=O) groups is 1. The molecule has 6 heteroatoms. The number of amides is 1. The fourth-order valence-corrected chi connectivity index (χ4v) is 7.04. The summed E-state index contributed by atoms with van der Waals surface area (Å²) in [6, 6.07) is 7.66. The van der Waals surface area contributed by atoms with Crippen LogP contribution in [-0.2, 0) is 10.2 Å². The molecule has 2 heterocycles. The van der Waals surface area contributed by atoms with Crippen LogP contribution in [0.3, 0.4) is 0 Å². The van der Waals surface area contributed by atoms with Crippen LogP contribution in [0.1, 0.15) is 57.1 Å². The Bertz CT molecular complexity index is 1000. The summed E-state index contributed by atoms with van der Waals surface area (Å²) >= 11 is 0. The van der Waals surface area contributed by atoms with E-state index in [9.17, 15) is 4.79 Å². The van der Waals surface area contributed by atoms with Crippen molar-refractivity contribution in [2.75, 3.05) is 6.79 Å². The lowest BCUT2D eigenvalue weighted by molar-refractivity contribution is -0.129. The molecule has 6 nitrogen and oxygen atoms in total. The molecule has 1 N–H and O–H groups in total. The fraction of sp³-hybridized carbons (Fsp3) is 0.583. The van der Waals surface area contributed by atoms with Gasteiger partial charge in [-0.2, -0.15) is 0 Å². The van der Waals surface area contributed by atoms with Gasteiger partial charge in [0.15, 0.2) is 17.3 Å². The van der Waals surface area contributed by atoms with Crippen molar-refractivity contribution < 1.29 is 18.8 Å². The first-order chi connectivity index (χ1) is 14.6. The Morgan fingerprint density at radius 3 is 2.37 bits per heavy atom. The molecule has 0 unspecified atom stereocenters. The van der Waals surface area contributed by atoms with Gasteiger partial charge in [0.1, 0.15) is 0 Å². The summed E-state index contributed by atoms with van der Waals surface area (Å²) in [4.78, 5) is 13.5. The average Bonchev–Trinajstić information content (AvgIpc) is 3.16. The van der Waals surface area contributed by atoms with Gasteiger partial charge in [-0.05, 0) is 87.3 Å². The number of carbonyl (C=O) groups excluding carboxylic acids is 1. The molecule has 1 aromatic heterocycles. The highest BCUT2D eigenvalue weighted by Crippen LogP contribution is 2.57. The van der Waals surface area contributed by atoms with Crippen LogP contribution < -0.4 is 14.8 Å². The van der Waals surface area contributed by atoms with E-state index in [-0.39, 0.29) is 18.2 Å². The van der Waals surface area contributed by atoms with Gasteiger partial charge < -0.3 is 19.3 Å². The van der Waals surface area contributed by atoms with Gasteiger partial charge in [-0.3, -0.25) is 4.79 Å². The third-order valence-electron chi connectivity index (χ3n) is 8.26. The van der Waals surface area contributed by atoms with Gasteiger partial charge in [-0.25, -0.2) is 0 Å². The second kappa shape index (κ2) is 5.80. The van der Waals surface area contributed by atoms with E-state index in [0.717, 1.165) is 47.6 Å². The molecule has 0 saturated heterocycles. The molecule has 30 heavy (non-hydrogen) atoms. The van der Waals surface area contributed by atoms with Crippen LogP contribution >= 0.6 is 0 Å². The maximum absolute atomic E-state index is 13.5. The summed E-state index contributed by atoms with van der Waals surface area (Å²) in [5.41, 5.74) is 1.17. The quantitative estimate of drug-likeness (QED) is 0.824. The third-order valence-corrected chi connectivity index (χ3v) is 8.26. The third kappa shape index (κ3) is 2.48. The van der Waals surface area contributed by atoms with Crippen molar-refractivity contribution in [3.63, 3.8) is 0 Å². The molecule has 156 valence electrons. The highest BCUT2D eigenvalue weighted by Gasteiger charge is 2.58. The Labute approximate surface area is 175 Å². The van der Waals surface area contributed by atoms with Crippen LogP contribution in [0.25, 0.3) is 11.3 Å². The molecule has 6 aliphatic rings. The van der Waals surface area contributed by atoms with Crippen LogP contribution in [0, 0.1) is 17.8 Å². The van der Waals surface area contributed by atoms with Crippen LogP contribution in [0.2, 0.25) is 0 Å². The van der Waals surface area contributed by atoms with Crippen molar-refractivity contribution in [2.24, 2.45) is 17.8 Å². The van der Waals surface area contributed by atoms with E-state index in [1.54, 1.807) is 0 Å². The van der Waals surface area contributed by atoms with Crippen LogP contribution in [0.15, 0.2) is 28.8 Å². The van der Waals surface area contributed by atoms with Gasteiger partial charge in [-0.1, -0.05) is 5.16 Å². The van der Waals surface area contributed by atoms with E-state index in [4.69, 9.17) is 14.0 Å². The summed E-state index contributed by atoms with van der Waals surface area (Å²) in [5, 5.41) is 7.88. The van der Waals surface area contributed by atoms with Crippen molar-refractivity contribution in [1.82, 2.24) is 10.5 Å². The normalized spacial score (nSPS) is 34.2. The van der Waals surface area contributed by atoms with Crippen molar-refractivity contribution in [1.29, 1.82) is 0 Å². The second-order valence-corrected chi connectivity index (χ2v) is 10.4. The minimum Gasteiger partial charge on any atom is -0.454 e. The Balaban J connectivity index is 1.14. The number of rotatable bonds is 4. The number of nitrogens with zero attached hydrogens (tertiary/aromatic N) is 1. The average molecular weight is 406 g/mol. The van der Waals surface area contributed by atoms with Crippen LogP contribution in [-0.4, -0.2) is 23.4 Å². The lowest BCUT2D eigenvalue weighted by Crippen LogP contribution is -2.61. The largest absolute Gasteiger partial charge is 0.454 e. The molecule has 8 rings (SSSR count). The fourth-order valence-electron chi connectivity index (χ4n) is 7.04. The van der Waals surface area contributed by atoms with Gasteiger partial charge in [-0.15, -0.1) is 0 Å². The van der Waals surface area contributed by atoms with E-state index < -0.39 is 5.41 Å². The van der Waals surface area contributed by atoms with Gasteiger partial charge >= 0.3 is 0 Å². The number of hydrogen-bond acceptors (Lipinski definition) is 5. The Morgan fingerprint density at radius 1 is 0.967 bits per heavy atom. The van der Waals surface area contributed by atoms with E-state index in [2.05, 4.69) is 10.5 Å². The smallest absolute Gasteiger partial charge is 0.232 e. The molecule has 5 saturated carbocycles. The number of ether oxygens (including phenoxy) is 2. The minimum absolute atomic E-state index is 0.0330. The zero-order valence-electron chi connectivity index (χ0n) is 17.0. The molecule has 4 bridgehead atoms. The zero-order chi connectivity index (χ0) is 19.9. The Hall–Kier alpha value is -2.50. The number of aromatic nitrogens is 1. The summed E-state index contributed by atoms with van der Waals surface area (Å²) < 4.78 is 16.5. The molecule has 1 aliphatic heterocycles. The van der Waals surface area contributed by atoms with E-state index >= 15 is 0 Å². The topological polar surface area (TPSA) is 73.6 Å². The molecule has 5 aliphatic carbocycles. The molecule has 2 aromatic rings. The monoisotopic (exact) mass is 406 g/mol. The number of hydrogen-bond donors (Lipinski definition) is 1. The maximum atomic E-state index is 13.5. The molecule has 0 spiro atoms. The lowest BCUT2D eigenvalue weighted by atomic mass is 9.53.